The van der Waals surface area contributed by atoms with Crippen molar-refractivity contribution in [1.29, 1.82) is 0 Å². The molecule has 0 bridgehead atoms. The summed E-state index contributed by atoms with van der Waals surface area (Å²) in [6, 6.07) is 1.11. The van der Waals surface area contributed by atoms with Crippen LogP contribution < -0.4 is 0 Å². The summed E-state index contributed by atoms with van der Waals surface area (Å²) in [4.78, 5) is 17.6. The highest BCUT2D eigenvalue weighted by Gasteiger charge is 2.51. The molecule has 6 aliphatic carbocycles. The quantitative estimate of drug-likeness (QED) is 0.110. The summed E-state index contributed by atoms with van der Waals surface area (Å²) in [6.07, 6.45) is 10.5. The van der Waals surface area contributed by atoms with Gasteiger partial charge in [-0.1, -0.05) is 163 Å². The highest BCUT2D eigenvalue weighted by atomic mass is 15.3. The van der Waals surface area contributed by atoms with Gasteiger partial charge in [0.05, 0.1) is 65.7 Å². The number of aromatic nitrogens is 20. The van der Waals surface area contributed by atoms with Gasteiger partial charge in [0.1, 0.15) is 23.3 Å². The molecule has 12 aromatic rings. The Morgan fingerprint density at radius 3 is 1.05 bits per heavy atom. The Morgan fingerprint density at radius 1 is 0.297 bits per heavy atom. The van der Waals surface area contributed by atoms with Gasteiger partial charge in [0, 0.05) is 184 Å². The minimum absolute atomic E-state index is 0.524. The molecule has 20 nitrogen and oxygen atoms in total. The molecule has 0 spiro atoms. The average Bonchev–Trinajstić information content (AvgIpc) is 1.52. The Kier molecular flexibility index (Phi) is 36.5. The molecule has 1 saturated carbocycles. The van der Waals surface area contributed by atoms with Gasteiger partial charge in [0.15, 0.2) is 0 Å². The third kappa shape index (κ3) is 25.4. The molecule has 12 aromatic heterocycles. The second kappa shape index (κ2) is 45.0. The number of rotatable bonds is 13. The van der Waals surface area contributed by atoms with Crippen LogP contribution in [0.1, 0.15) is 479 Å². The van der Waals surface area contributed by atoms with E-state index in [-0.39, 0.29) is 0 Å². The molecule has 0 radical (unpaired) electrons. The third-order valence-electron chi connectivity index (χ3n) is 29.9. The van der Waals surface area contributed by atoms with E-state index < -0.39 is 0 Å². The zero-order valence-electron chi connectivity index (χ0n) is 96.8. The normalized spacial score (nSPS) is 14.0. The Labute approximate surface area is 836 Å². The van der Waals surface area contributed by atoms with Crippen LogP contribution in [0.25, 0.3) is 0 Å². The molecular formula is C118H188N20. The number of imidazole rings is 4. The summed E-state index contributed by atoms with van der Waals surface area (Å²) < 4.78 is 26.3. The van der Waals surface area contributed by atoms with Gasteiger partial charge in [0.25, 0.3) is 0 Å². The lowest BCUT2D eigenvalue weighted by Crippen LogP contribution is -2.04. The fraction of sp³-hybridized carbons (Fsp3) is 0.627. The summed E-state index contributed by atoms with van der Waals surface area (Å²) in [5.41, 5.74) is 54.8. The minimum Gasteiger partial charge on any atom is -0.352 e. The first-order valence-electron chi connectivity index (χ1n) is 52.4. The molecule has 21 rings (SSSR count). The summed E-state index contributed by atoms with van der Waals surface area (Å²) >= 11 is 0. The van der Waals surface area contributed by atoms with Crippen LogP contribution in [0.4, 0.5) is 0 Å². The monoisotopic (exact) mass is 1890 g/mol. The molecular weight excluding hydrogens is 1700 g/mol. The fourth-order valence-corrected chi connectivity index (χ4v) is 22.9. The molecule has 1 unspecified atom stereocenters. The second-order valence-electron chi connectivity index (χ2n) is 45.1. The van der Waals surface area contributed by atoms with Crippen molar-refractivity contribution in [2.45, 2.75) is 435 Å². The van der Waals surface area contributed by atoms with Gasteiger partial charge in [0.2, 0.25) is 0 Å². The van der Waals surface area contributed by atoms with Gasteiger partial charge in [-0.25, -0.2) is 19.9 Å². The highest BCUT2D eigenvalue weighted by molar-refractivity contribution is 5.68. The number of hydrogen-bond donors (Lipinski definition) is 0. The van der Waals surface area contributed by atoms with Crippen molar-refractivity contribution in [2.24, 2.45) is 61.2 Å². The smallest absolute Gasteiger partial charge is 0.129 e. The Hall–Kier alpha value is -9.72. The molecule has 760 valence electrons. The molecule has 0 aromatic carbocycles. The van der Waals surface area contributed by atoms with Gasteiger partial charge >= 0.3 is 0 Å². The van der Waals surface area contributed by atoms with Crippen LogP contribution in [0.15, 0.2) is 34.7 Å². The first kappa shape index (κ1) is 112. The fourth-order valence-electron chi connectivity index (χ4n) is 22.9. The van der Waals surface area contributed by atoms with Crippen LogP contribution in [-0.2, 0) is 88.2 Å². The number of hydrogen-bond acceptors (Lipinski definition) is 8. The Morgan fingerprint density at radius 2 is 0.804 bits per heavy atom. The van der Waals surface area contributed by atoms with E-state index >= 15 is 0 Å². The molecule has 0 amide bonds. The molecule has 3 aliphatic heterocycles. The van der Waals surface area contributed by atoms with E-state index in [1.165, 1.54) is 185 Å². The van der Waals surface area contributed by atoms with Gasteiger partial charge in [-0.3, -0.25) is 18.7 Å². The Balaban J connectivity index is 0.000000167. The van der Waals surface area contributed by atoms with Gasteiger partial charge in [-0.05, 0) is 310 Å². The van der Waals surface area contributed by atoms with Crippen LogP contribution >= 0.6 is 0 Å². The Bertz CT molecular complexity index is 5650. The van der Waals surface area contributed by atoms with Crippen molar-refractivity contribution in [1.82, 2.24) is 95.6 Å². The second-order valence-corrected chi connectivity index (χ2v) is 45.1. The lowest BCUT2D eigenvalue weighted by Gasteiger charge is -2.11. The summed E-state index contributed by atoms with van der Waals surface area (Å²) in [7, 11) is 14.4. The van der Waals surface area contributed by atoms with Crippen molar-refractivity contribution in [2.75, 3.05) is 0 Å². The van der Waals surface area contributed by atoms with E-state index in [4.69, 9.17) is 0 Å². The molecule has 15 heterocycles. The summed E-state index contributed by atoms with van der Waals surface area (Å²) in [5, 5.41) is 17.2. The summed E-state index contributed by atoms with van der Waals surface area (Å²) in [5.74, 6) is 12.8. The molecule has 9 aliphatic rings. The predicted octanol–water partition coefficient (Wildman–Crippen LogP) is 28.5. The van der Waals surface area contributed by atoms with E-state index in [1.807, 2.05) is 60.0 Å². The van der Waals surface area contributed by atoms with E-state index in [2.05, 4.69) is 409 Å². The molecule has 1 fully saturated rings. The van der Waals surface area contributed by atoms with Crippen molar-refractivity contribution in [3.63, 3.8) is 0 Å². The number of fused-ring (bicyclic) bond motifs is 8. The number of aryl methyl sites for hydroxylation is 14. The van der Waals surface area contributed by atoms with E-state index in [0.29, 0.717) is 71.3 Å². The van der Waals surface area contributed by atoms with Gasteiger partial charge < -0.3 is 36.5 Å². The SMILES string of the molecule is CC(C)C1=C2CC2C2=C1C2.CC(C)c1c2c(nn1C)C2.Cc1c(C(C)C)c(C)n(C)c1C.Cc1c(C(C)C)c2c(n1C)C2.Cc1c(C(C)C)c2n(c1C)C2.Cc1cn2c(c1C(C)C)C2.Cc1cnn(C)c1C(C)C.Cc1nc(C)n(C(C)C)c1C.Cc1nc(C)n(C)c1C(C)C.Cc1nc2c(n1C(C)C)C2.Cc1nc2n(c1C(C)C)C2.Cc1nn(C)c(C(C)C)c1C.Cc1nn(C)c(C)c1C(C)C. The maximum Gasteiger partial charge on any atom is 0.129 e. The average molecular weight is 1890 g/mol. The lowest BCUT2D eigenvalue weighted by molar-refractivity contribution is 0.569. The van der Waals surface area contributed by atoms with Crippen LogP contribution in [-0.4, -0.2) is 95.6 Å². The first-order chi connectivity index (χ1) is 64.1. The standard InChI is InChI=1S/C11H19N.2C10H15N.C10H12.4C9H16N2.C9H13N.3C8H12N2.C8H14N2/c1-7(2)11-8(3)9(4)12(6)10(11)5;1-6(2)10-7(3)11(4)9-5-8(9)10;1-6(2)10-7(3)8(4)11-5-9(10)11;1-5(2)10-8-3-6(8)7-4-9(7)10;1-6(2)9-7(3)10-8(4)11(9)5;1-6(2)9-7(3)10-11(5)8(9)4;1-6(2)9-7(3)8(4)10-11(9)5;1-6(2)11-8(4)7(3)10-9(11)5;1-6(2)9-7(3)4-10-5-8(9)10;1-5(2)8-6-4-7(6)9-10(8)3;1-5(2)8-6(3)9-7-4-10(7)8;1-5(2)10-6(3)9-7-4-8(7)10;1-6(2)8-7(3)5-9-10(8)4/h7H,1-6H3;2*6H,5H2,1-4H3;5-6H,3-4H2,1-2H3;4*6H,1-5H3;4,6H,5H2,1-3H3;3*5H,4H2,1-3H3;5-6H,1-4H3. The van der Waals surface area contributed by atoms with Crippen molar-refractivity contribution in [3.8, 4) is 0 Å². The van der Waals surface area contributed by atoms with E-state index in [1.54, 1.807) is 61.6 Å². The first-order valence-corrected chi connectivity index (χ1v) is 52.4. The van der Waals surface area contributed by atoms with Crippen LogP contribution in [0.3, 0.4) is 0 Å². The molecule has 138 heavy (non-hydrogen) atoms. The molecule has 20 heteroatoms. The van der Waals surface area contributed by atoms with E-state index in [0.717, 1.165) is 54.3 Å². The lowest BCUT2D eigenvalue weighted by atomic mass is 9.99. The summed E-state index contributed by atoms with van der Waals surface area (Å²) in [6.45, 7) is 102. The third-order valence-corrected chi connectivity index (χ3v) is 29.9. The molecule has 0 N–H and O–H groups in total. The van der Waals surface area contributed by atoms with Crippen molar-refractivity contribution >= 4 is 0 Å². The molecule has 0 saturated heterocycles. The van der Waals surface area contributed by atoms with Crippen LogP contribution in [0.5, 0.6) is 0 Å². The van der Waals surface area contributed by atoms with Gasteiger partial charge in [-0.2, -0.15) is 20.4 Å². The number of allylic oxidation sites excluding steroid dienone is 4. The molecule has 1 atom stereocenters. The van der Waals surface area contributed by atoms with Crippen molar-refractivity contribution in [3.05, 3.63) is 250 Å². The zero-order valence-corrected chi connectivity index (χ0v) is 96.8. The van der Waals surface area contributed by atoms with E-state index in [9.17, 15) is 0 Å². The predicted molar refractivity (Wildman–Crippen MR) is 581 cm³/mol. The van der Waals surface area contributed by atoms with Crippen LogP contribution in [0.2, 0.25) is 0 Å². The highest BCUT2D eigenvalue weighted by Crippen LogP contribution is 2.66. The zero-order chi connectivity index (χ0) is 104. The minimum atomic E-state index is 0.524. The maximum atomic E-state index is 4.39. The van der Waals surface area contributed by atoms with Gasteiger partial charge in [-0.15, -0.1) is 0 Å². The van der Waals surface area contributed by atoms with Crippen molar-refractivity contribution < 1.29 is 0 Å². The topological polar surface area (TPSA) is 162 Å². The number of nitrogens with zero attached hydrogens (tertiary/aromatic N) is 20. The largest absolute Gasteiger partial charge is 0.352 e. The maximum absolute atomic E-state index is 4.39. The van der Waals surface area contributed by atoms with Crippen LogP contribution in [0, 0.1) is 143 Å².